The Morgan fingerprint density at radius 3 is 2.29 bits per heavy atom. The summed E-state index contributed by atoms with van der Waals surface area (Å²) < 4.78 is 0. The van der Waals surface area contributed by atoms with E-state index < -0.39 is 0 Å². The van der Waals surface area contributed by atoms with E-state index in [2.05, 4.69) is 0 Å². The first-order valence-corrected chi connectivity index (χ1v) is 5.25. The molecule has 0 aromatic heterocycles. The minimum Gasteiger partial charge on any atom is -0.393 e. The first kappa shape index (κ1) is 13.3. The van der Waals surface area contributed by atoms with Gasteiger partial charge in [0.15, 0.2) is 0 Å². The molecule has 4 N–H and O–H groups in total. The highest BCUT2D eigenvalue weighted by molar-refractivity contribution is 7.80. The average molecular weight is 217 g/mol. The highest BCUT2D eigenvalue weighted by atomic mass is 32.1. The Morgan fingerprint density at radius 1 is 1.43 bits per heavy atom. The SMILES string of the molecule is CCC(C(N)=O)N(CC)CCC(N)=S. The smallest absolute Gasteiger partial charge is 0.234 e. The van der Waals surface area contributed by atoms with Crippen molar-refractivity contribution in [3.8, 4) is 0 Å². The number of hydrogen-bond donors (Lipinski definition) is 2. The Morgan fingerprint density at radius 2 is 2.00 bits per heavy atom. The maximum Gasteiger partial charge on any atom is 0.234 e. The van der Waals surface area contributed by atoms with Gasteiger partial charge in [0.25, 0.3) is 0 Å². The van der Waals surface area contributed by atoms with Gasteiger partial charge in [-0.2, -0.15) is 0 Å². The van der Waals surface area contributed by atoms with Crippen LogP contribution in [0.4, 0.5) is 0 Å². The minimum absolute atomic E-state index is 0.200. The number of thiocarbonyl (C=S) groups is 1. The van der Waals surface area contributed by atoms with Crippen LogP contribution < -0.4 is 11.5 Å². The maximum atomic E-state index is 11.1. The normalized spacial score (nSPS) is 12.8. The molecule has 0 heterocycles. The van der Waals surface area contributed by atoms with Crippen molar-refractivity contribution in [2.75, 3.05) is 13.1 Å². The summed E-state index contributed by atoms with van der Waals surface area (Å²) in [7, 11) is 0. The van der Waals surface area contributed by atoms with E-state index in [1.165, 1.54) is 0 Å². The monoisotopic (exact) mass is 217 g/mol. The zero-order valence-corrected chi connectivity index (χ0v) is 9.64. The molecule has 0 saturated carbocycles. The van der Waals surface area contributed by atoms with Gasteiger partial charge in [0.1, 0.15) is 0 Å². The Labute approximate surface area is 90.6 Å². The fourth-order valence-electron chi connectivity index (χ4n) is 1.43. The lowest BCUT2D eigenvalue weighted by molar-refractivity contribution is -0.123. The third-order valence-corrected chi connectivity index (χ3v) is 2.41. The second-order valence-electron chi connectivity index (χ2n) is 3.17. The molecule has 0 radical (unpaired) electrons. The Balaban J connectivity index is 4.21. The molecule has 4 nitrogen and oxygen atoms in total. The molecule has 0 aromatic rings. The molecular weight excluding hydrogens is 198 g/mol. The third kappa shape index (κ3) is 4.53. The van der Waals surface area contributed by atoms with E-state index in [9.17, 15) is 4.79 Å². The molecule has 0 saturated heterocycles. The van der Waals surface area contributed by atoms with Crippen LogP contribution in [0, 0.1) is 0 Å². The summed E-state index contributed by atoms with van der Waals surface area (Å²) in [6, 6.07) is -0.200. The van der Waals surface area contributed by atoms with Crippen LogP contribution in [0.3, 0.4) is 0 Å². The molecule has 0 bridgehead atoms. The van der Waals surface area contributed by atoms with Gasteiger partial charge >= 0.3 is 0 Å². The lowest BCUT2D eigenvalue weighted by Gasteiger charge is -2.27. The average Bonchev–Trinajstić information content (AvgIpc) is 2.10. The summed E-state index contributed by atoms with van der Waals surface area (Å²) in [5.74, 6) is -0.280. The van der Waals surface area contributed by atoms with E-state index in [0.717, 1.165) is 13.0 Å². The topological polar surface area (TPSA) is 72.4 Å². The minimum atomic E-state index is -0.280. The first-order chi connectivity index (χ1) is 6.52. The van der Waals surface area contributed by atoms with Gasteiger partial charge in [-0.1, -0.05) is 26.1 Å². The van der Waals surface area contributed by atoms with Crippen LogP contribution in [0.5, 0.6) is 0 Å². The zero-order valence-electron chi connectivity index (χ0n) is 8.82. The van der Waals surface area contributed by atoms with E-state index in [-0.39, 0.29) is 11.9 Å². The number of nitrogens with two attached hydrogens (primary N) is 2. The van der Waals surface area contributed by atoms with Crippen molar-refractivity contribution < 1.29 is 4.79 Å². The van der Waals surface area contributed by atoms with E-state index >= 15 is 0 Å². The summed E-state index contributed by atoms with van der Waals surface area (Å²) in [6.07, 6.45) is 1.35. The summed E-state index contributed by atoms with van der Waals surface area (Å²) in [5.41, 5.74) is 10.7. The lowest BCUT2D eigenvalue weighted by Crippen LogP contribution is -2.45. The highest BCUT2D eigenvalue weighted by Gasteiger charge is 2.19. The number of carbonyl (C=O) groups is 1. The summed E-state index contributed by atoms with van der Waals surface area (Å²) >= 11 is 4.79. The molecular formula is C9H19N3OS. The van der Waals surface area contributed by atoms with Crippen molar-refractivity contribution in [1.29, 1.82) is 0 Å². The Bertz CT molecular complexity index is 208. The second kappa shape index (κ2) is 6.73. The fourth-order valence-corrected chi connectivity index (χ4v) is 1.52. The van der Waals surface area contributed by atoms with Crippen molar-refractivity contribution >= 4 is 23.1 Å². The largest absolute Gasteiger partial charge is 0.393 e. The molecule has 0 aromatic carbocycles. The van der Waals surface area contributed by atoms with Gasteiger partial charge in [0, 0.05) is 13.0 Å². The van der Waals surface area contributed by atoms with Gasteiger partial charge < -0.3 is 11.5 Å². The van der Waals surface area contributed by atoms with Crippen molar-refractivity contribution in [2.24, 2.45) is 11.5 Å². The van der Waals surface area contributed by atoms with Gasteiger partial charge in [-0.15, -0.1) is 0 Å². The number of amides is 1. The molecule has 1 amide bonds. The Kier molecular flexibility index (Phi) is 6.40. The van der Waals surface area contributed by atoms with Crippen LogP contribution >= 0.6 is 12.2 Å². The third-order valence-electron chi connectivity index (χ3n) is 2.21. The van der Waals surface area contributed by atoms with E-state index in [4.69, 9.17) is 23.7 Å². The van der Waals surface area contributed by atoms with Gasteiger partial charge in [-0.05, 0) is 13.0 Å². The zero-order chi connectivity index (χ0) is 11.1. The summed E-state index contributed by atoms with van der Waals surface area (Å²) in [5, 5.41) is 0. The molecule has 82 valence electrons. The van der Waals surface area contributed by atoms with Crippen LogP contribution in [0.15, 0.2) is 0 Å². The van der Waals surface area contributed by atoms with Gasteiger partial charge in [-0.25, -0.2) is 0 Å². The maximum absolute atomic E-state index is 11.1. The van der Waals surface area contributed by atoms with Crippen LogP contribution in [0.2, 0.25) is 0 Å². The number of hydrogen-bond acceptors (Lipinski definition) is 3. The predicted molar refractivity (Wildman–Crippen MR) is 61.9 cm³/mol. The quantitative estimate of drug-likeness (QED) is 0.600. The van der Waals surface area contributed by atoms with Crippen LogP contribution in [0.25, 0.3) is 0 Å². The molecule has 0 aliphatic heterocycles. The fraction of sp³-hybridized carbons (Fsp3) is 0.778. The molecule has 14 heavy (non-hydrogen) atoms. The number of carbonyl (C=O) groups excluding carboxylic acids is 1. The van der Waals surface area contributed by atoms with Crippen molar-refractivity contribution in [3.05, 3.63) is 0 Å². The second-order valence-corrected chi connectivity index (χ2v) is 3.70. The van der Waals surface area contributed by atoms with Crippen LogP contribution in [-0.2, 0) is 4.79 Å². The van der Waals surface area contributed by atoms with Gasteiger partial charge in [0.2, 0.25) is 5.91 Å². The first-order valence-electron chi connectivity index (χ1n) is 4.84. The molecule has 0 aliphatic rings. The molecule has 0 fully saturated rings. The van der Waals surface area contributed by atoms with Gasteiger partial charge in [-0.3, -0.25) is 9.69 Å². The lowest BCUT2D eigenvalue weighted by atomic mass is 10.1. The highest BCUT2D eigenvalue weighted by Crippen LogP contribution is 2.04. The van der Waals surface area contributed by atoms with Gasteiger partial charge in [0.05, 0.1) is 11.0 Å². The van der Waals surface area contributed by atoms with Crippen molar-refractivity contribution in [3.63, 3.8) is 0 Å². The summed E-state index contributed by atoms with van der Waals surface area (Å²) in [4.78, 5) is 13.6. The van der Waals surface area contributed by atoms with Crippen molar-refractivity contribution in [1.82, 2.24) is 4.90 Å². The predicted octanol–water partition coefficient (Wildman–Crippen LogP) is 0.248. The molecule has 0 aliphatic carbocycles. The molecule has 1 atom stereocenters. The van der Waals surface area contributed by atoms with Crippen molar-refractivity contribution in [2.45, 2.75) is 32.7 Å². The number of nitrogens with zero attached hydrogens (tertiary/aromatic N) is 1. The number of rotatable bonds is 7. The summed E-state index contributed by atoms with van der Waals surface area (Å²) in [6.45, 7) is 5.42. The number of primary amides is 1. The van der Waals surface area contributed by atoms with Crippen LogP contribution in [0.1, 0.15) is 26.7 Å². The molecule has 1 unspecified atom stereocenters. The van der Waals surface area contributed by atoms with E-state index in [1.807, 2.05) is 18.7 Å². The van der Waals surface area contributed by atoms with E-state index in [1.54, 1.807) is 0 Å². The van der Waals surface area contributed by atoms with Crippen LogP contribution in [-0.4, -0.2) is 34.9 Å². The molecule has 0 rings (SSSR count). The molecule has 5 heteroatoms. The standard InChI is InChI=1S/C9H19N3OS/c1-3-7(9(11)13)12(4-2)6-5-8(10)14/h7H,3-6H2,1-2H3,(H2,10,14)(H2,11,13). The van der Waals surface area contributed by atoms with E-state index in [0.29, 0.717) is 18.0 Å². The number of likely N-dealkylation sites (N-methyl/N-ethyl adjacent to an activating group) is 1. The Hall–Kier alpha value is -0.680. The molecule has 0 spiro atoms.